The molecule has 0 bridgehead atoms. The maximum absolute atomic E-state index is 13.7. The Balaban J connectivity index is 2.07. The minimum Gasteiger partial charge on any atom is -0.478 e. The highest BCUT2D eigenvalue weighted by Crippen LogP contribution is 2.45. The molecule has 0 radical (unpaired) electrons. The largest absolute Gasteiger partial charge is 0.478 e. The number of carbonyl (C=O) groups excluding carboxylic acids is 1. The van der Waals surface area contributed by atoms with Crippen molar-refractivity contribution >= 4 is 23.5 Å². The molecule has 27 heavy (non-hydrogen) atoms. The van der Waals surface area contributed by atoms with E-state index < -0.39 is 11.8 Å². The Morgan fingerprint density at radius 1 is 1.19 bits per heavy atom. The third kappa shape index (κ3) is 3.56. The van der Waals surface area contributed by atoms with Crippen LogP contribution in [0.4, 0.5) is 4.39 Å². The number of amides is 1. The van der Waals surface area contributed by atoms with Crippen LogP contribution in [0.1, 0.15) is 71.0 Å². The summed E-state index contributed by atoms with van der Waals surface area (Å²) in [7, 11) is 0. The standard InChI is InChI=1S/C21H21ClFNO3/c1-11(2)24(20(25)17-10-14(23)5-7-18(17)22)19-8-12(3)15-6-4-13(21(26)27)9-16(15)19/h4-7,9-12,19H,8H2,1-3H3,(H,26,27)/t12?,19-/m1/s1. The van der Waals surface area contributed by atoms with Gasteiger partial charge in [0.15, 0.2) is 0 Å². The fraction of sp³-hybridized carbons (Fsp3) is 0.333. The lowest BCUT2D eigenvalue weighted by atomic mass is 10.0. The van der Waals surface area contributed by atoms with Gasteiger partial charge in [-0.25, -0.2) is 9.18 Å². The summed E-state index contributed by atoms with van der Waals surface area (Å²) in [5, 5.41) is 9.52. The van der Waals surface area contributed by atoms with Crippen LogP contribution in [0.2, 0.25) is 5.02 Å². The molecule has 4 nitrogen and oxygen atoms in total. The highest BCUT2D eigenvalue weighted by molar-refractivity contribution is 6.33. The minimum absolute atomic E-state index is 0.112. The Kier molecular flexibility index (Phi) is 5.24. The molecular formula is C21H21ClFNO3. The number of carboxylic acids is 1. The molecule has 6 heteroatoms. The minimum atomic E-state index is -1.01. The number of rotatable bonds is 4. The Labute approximate surface area is 162 Å². The van der Waals surface area contributed by atoms with Crippen molar-refractivity contribution in [1.29, 1.82) is 0 Å². The second-order valence-electron chi connectivity index (χ2n) is 7.23. The van der Waals surface area contributed by atoms with E-state index in [0.717, 1.165) is 17.2 Å². The molecule has 0 aliphatic heterocycles. The molecule has 0 spiro atoms. The molecular weight excluding hydrogens is 369 g/mol. The van der Waals surface area contributed by atoms with Gasteiger partial charge in [-0.3, -0.25) is 4.79 Å². The van der Waals surface area contributed by atoms with Crippen molar-refractivity contribution in [2.45, 2.75) is 45.2 Å². The summed E-state index contributed by atoms with van der Waals surface area (Å²) in [6, 6.07) is 8.32. The summed E-state index contributed by atoms with van der Waals surface area (Å²) in [4.78, 5) is 26.3. The molecule has 1 N–H and O–H groups in total. The number of carbonyl (C=O) groups is 2. The van der Waals surface area contributed by atoms with E-state index in [-0.39, 0.29) is 40.1 Å². The highest BCUT2D eigenvalue weighted by atomic mass is 35.5. The van der Waals surface area contributed by atoms with E-state index in [1.165, 1.54) is 12.1 Å². The Bertz CT molecular complexity index is 912. The Morgan fingerprint density at radius 3 is 2.52 bits per heavy atom. The predicted molar refractivity (Wildman–Crippen MR) is 102 cm³/mol. The molecule has 2 aromatic rings. The molecule has 0 saturated heterocycles. The maximum Gasteiger partial charge on any atom is 0.335 e. The molecule has 1 aliphatic carbocycles. The molecule has 0 aromatic heterocycles. The summed E-state index contributed by atoms with van der Waals surface area (Å²) in [6.45, 7) is 5.82. The lowest BCUT2D eigenvalue weighted by molar-refractivity contribution is 0.0601. The number of halogens is 2. The van der Waals surface area contributed by atoms with Gasteiger partial charge >= 0.3 is 5.97 Å². The summed E-state index contributed by atoms with van der Waals surface area (Å²) < 4.78 is 13.7. The second-order valence-corrected chi connectivity index (χ2v) is 7.64. The van der Waals surface area contributed by atoms with Crippen molar-refractivity contribution in [2.75, 3.05) is 0 Å². The van der Waals surface area contributed by atoms with Crippen LogP contribution in [0.5, 0.6) is 0 Å². The fourth-order valence-electron chi connectivity index (χ4n) is 3.83. The topological polar surface area (TPSA) is 57.6 Å². The van der Waals surface area contributed by atoms with E-state index >= 15 is 0 Å². The van der Waals surface area contributed by atoms with Gasteiger partial charge in [0.25, 0.3) is 5.91 Å². The molecule has 1 amide bonds. The van der Waals surface area contributed by atoms with Crippen LogP contribution >= 0.6 is 11.6 Å². The summed E-state index contributed by atoms with van der Waals surface area (Å²) in [5.41, 5.74) is 2.17. The van der Waals surface area contributed by atoms with E-state index in [1.807, 2.05) is 19.9 Å². The van der Waals surface area contributed by atoms with Crippen LogP contribution in [0.15, 0.2) is 36.4 Å². The average molecular weight is 390 g/mol. The van der Waals surface area contributed by atoms with Gasteiger partial charge in [0.05, 0.1) is 22.2 Å². The molecule has 0 saturated carbocycles. The van der Waals surface area contributed by atoms with Crippen LogP contribution in [0.25, 0.3) is 0 Å². The third-order valence-corrected chi connectivity index (χ3v) is 5.42. The van der Waals surface area contributed by atoms with Crippen LogP contribution in [0.3, 0.4) is 0 Å². The van der Waals surface area contributed by atoms with Crippen LogP contribution in [0, 0.1) is 5.82 Å². The number of benzene rings is 2. The van der Waals surface area contributed by atoms with Crippen molar-refractivity contribution in [1.82, 2.24) is 4.90 Å². The summed E-state index contributed by atoms with van der Waals surface area (Å²) in [5.74, 6) is -1.71. The smallest absolute Gasteiger partial charge is 0.335 e. The number of fused-ring (bicyclic) bond motifs is 1. The number of hydrogen-bond acceptors (Lipinski definition) is 2. The van der Waals surface area contributed by atoms with E-state index in [9.17, 15) is 19.1 Å². The number of aromatic carboxylic acids is 1. The first kappa shape index (κ1) is 19.4. The van der Waals surface area contributed by atoms with Gasteiger partial charge in [0, 0.05) is 6.04 Å². The van der Waals surface area contributed by atoms with Gasteiger partial charge in [0.1, 0.15) is 5.82 Å². The van der Waals surface area contributed by atoms with Crippen molar-refractivity contribution < 1.29 is 19.1 Å². The molecule has 0 fully saturated rings. The molecule has 2 aromatic carbocycles. The normalized spacial score (nSPS) is 18.4. The molecule has 142 valence electrons. The quantitative estimate of drug-likeness (QED) is 0.774. The van der Waals surface area contributed by atoms with Crippen LogP contribution < -0.4 is 0 Å². The van der Waals surface area contributed by atoms with Crippen molar-refractivity contribution in [3.63, 3.8) is 0 Å². The summed E-state index contributed by atoms with van der Waals surface area (Å²) in [6.07, 6.45) is 0.676. The first-order chi connectivity index (χ1) is 12.7. The van der Waals surface area contributed by atoms with Gasteiger partial charge in [-0.05, 0) is 67.6 Å². The summed E-state index contributed by atoms with van der Waals surface area (Å²) >= 11 is 6.15. The van der Waals surface area contributed by atoms with E-state index in [0.29, 0.717) is 6.42 Å². The van der Waals surface area contributed by atoms with Gasteiger partial charge in [-0.2, -0.15) is 0 Å². The van der Waals surface area contributed by atoms with Crippen LogP contribution in [-0.4, -0.2) is 27.9 Å². The lowest BCUT2D eigenvalue weighted by Crippen LogP contribution is -2.39. The molecule has 3 rings (SSSR count). The first-order valence-corrected chi connectivity index (χ1v) is 9.23. The third-order valence-electron chi connectivity index (χ3n) is 5.09. The number of hydrogen-bond donors (Lipinski definition) is 1. The van der Waals surface area contributed by atoms with Gasteiger partial charge in [0.2, 0.25) is 0 Å². The zero-order valence-corrected chi connectivity index (χ0v) is 16.1. The van der Waals surface area contributed by atoms with E-state index in [2.05, 4.69) is 6.92 Å². The first-order valence-electron chi connectivity index (χ1n) is 8.85. The van der Waals surface area contributed by atoms with E-state index in [1.54, 1.807) is 17.0 Å². The predicted octanol–water partition coefficient (Wildman–Crippen LogP) is 5.28. The Hall–Kier alpha value is -2.40. The lowest BCUT2D eigenvalue weighted by Gasteiger charge is -2.34. The van der Waals surface area contributed by atoms with Crippen LogP contribution in [-0.2, 0) is 0 Å². The van der Waals surface area contributed by atoms with Gasteiger partial charge in [-0.1, -0.05) is 24.6 Å². The SMILES string of the molecule is CC1C[C@@H](N(C(=O)c2cc(F)ccc2Cl)C(C)C)c2cc(C(=O)O)ccc21. The zero-order chi connectivity index (χ0) is 19.9. The zero-order valence-electron chi connectivity index (χ0n) is 15.4. The fourth-order valence-corrected chi connectivity index (χ4v) is 4.03. The Morgan fingerprint density at radius 2 is 1.89 bits per heavy atom. The number of nitrogens with zero attached hydrogens (tertiary/aromatic N) is 1. The second kappa shape index (κ2) is 7.31. The molecule has 1 unspecified atom stereocenters. The van der Waals surface area contributed by atoms with Crippen molar-refractivity contribution in [2.24, 2.45) is 0 Å². The molecule has 2 atom stereocenters. The number of carboxylic acid groups (broad SMARTS) is 1. The van der Waals surface area contributed by atoms with Crippen molar-refractivity contribution in [3.8, 4) is 0 Å². The highest BCUT2D eigenvalue weighted by Gasteiger charge is 2.37. The monoisotopic (exact) mass is 389 g/mol. The average Bonchev–Trinajstić information content (AvgIpc) is 2.92. The molecule has 1 aliphatic rings. The van der Waals surface area contributed by atoms with Gasteiger partial charge < -0.3 is 10.0 Å². The van der Waals surface area contributed by atoms with Gasteiger partial charge in [-0.15, -0.1) is 0 Å². The molecule has 0 heterocycles. The maximum atomic E-state index is 13.7. The van der Waals surface area contributed by atoms with E-state index in [4.69, 9.17) is 11.6 Å². The van der Waals surface area contributed by atoms with Crippen molar-refractivity contribution in [3.05, 3.63) is 69.5 Å².